The van der Waals surface area contributed by atoms with Gasteiger partial charge in [0.2, 0.25) is 0 Å². The topological polar surface area (TPSA) is 21.3 Å². The highest BCUT2D eigenvalue weighted by Gasteiger charge is 2.07. The molecule has 3 heteroatoms. The van der Waals surface area contributed by atoms with Crippen LogP contribution in [0, 0.1) is 12.3 Å². The molecule has 1 aromatic carbocycles. The minimum absolute atomic E-state index is 0.287. The monoisotopic (exact) mass is 251 g/mol. The molecule has 1 aromatic rings. The van der Waals surface area contributed by atoms with E-state index in [0.29, 0.717) is 11.6 Å². The molecule has 17 heavy (non-hydrogen) atoms. The predicted molar refractivity (Wildman–Crippen MR) is 72.5 cm³/mol. The van der Waals surface area contributed by atoms with E-state index in [-0.39, 0.29) is 6.04 Å². The van der Waals surface area contributed by atoms with E-state index in [1.807, 2.05) is 24.3 Å². The number of halogens is 1. The second-order valence-corrected chi connectivity index (χ2v) is 4.20. The molecule has 0 fully saturated rings. The van der Waals surface area contributed by atoms with Crippen molar-refractivity contribution in [3.8, 4) is 18.1 Å². The van der Waals surface area contributed by atoms with Crippen molar-refractivity contribution in [3.05, 3.63) is 29.3 Å². The van der Waals surface area contributed by atoms with Crippen LogP contribution >= 0.6 is 11.6 Å². The lowest BCUT2D eigenvalue weighted by atomic mass is 10.2. The van der Waals surface area contributed by atoms with E-state index < -0.39 is 0 Å². The third-order valence-electron chi connectivity index (χ3n) is 2.38. The summed E-state index contributed by atoms with van der Waals surface area (Å²) in [6, 6.07) is 7.70. The Balaban J connectivity index is 2.43. The van der Waals surface area contributed by atoms with Crippen LogP contribution in [0.4, 0.5) is 0 Å². The van der Waals surface area contributed by atoms with Gasteiger partial charge in [0.15, 0.2) is 0 Å². The van der Waals surface area contributed by atoms with Crippen LogP contribution in [0.25, 0.3) is 0 Å². The first-order valence-electron chi connectivity index (χ1n) is 5.81. The predicted octanol–water partition coefficient (Wildman–Crippen LogP) is 3.11. The van der Waals surface area contributed by atoms with Crippen molar-refractivity contribution < 1.29 is 4.74 Å². The van der Waals surface area contributed by atoms with Gasteiger partial charge in [-0.2, -0.15) is 0 Å². The summed E-state index contributed by atoms with van der Waals surface area (Å²) >= 11 is 5.88. The number of nitrogens with one attached hydrogen (secondary N) is 1. The van der Waals surface area contributed by atoms with Gasteiger partial charge in [-0.15, -0.1) is 12.3 Å². The Hall–Kier alpha value is -1.17. The number of hydrogen-bond acceptors (Lipinski definition) is 2. The van der Waals surface area contributed by atoms with Crippen LogP contribution in [0.1, 0.15) is 19.8 Å². The lowest BCUT2D eigenvalue weighted by molar-refractivity contribution is 0.259. The van der Waals surface area contributed by atoms with Crippen molar-refractivity contribution in [1.82, 2.24) is 5.32 Å². The summed E-state index contributed by atoms with van der Waals surface area (Å²) in [7, 11) is 0. The van der Waals surface area contributed by atoms with Crippen molar-refractivity contribution in [2.75, 3.05) is 13.2 Å². The molecular weight excluding hydrogens is 234 g/mol. The normalized spacial score (nSPS) is 11.8. The molecule has 0 heterocycles. The molecule has 92 valence electrons. The highest BCUT2D eigenvalue weighted by Crippen LogP contribution is 2.17. The molecule has 1 unspecified atom stereocenters. The Morgan fingerprint density at radius 2 is 2.35 bits per heavy atom. The lowest BCUT2D eigenvalue weighted by Crippen LogP contribution is -2.34. The molecule has 0 aliphatic carbocycles. The maximum atomic E-state index is 5.88. The number of terminal acetylenes is 1. The standard InChI is InChI=1S/C14H18ClNO/c1-3-5-8-13(16-4-2)11-17-14-9-6-7-12(15)10-14/h1,6-7,9-10,13,16H,4-5,8,11H2,2H3. The number of ether oxygens (including phenoxy) is 1. The first-order valence-corrected chi connectivity index (χ1v) is 6.19. The van der Waals surface area contributed by atoms with E-state index in [1.165, 1.54) is 0 Å². The average Bonchev–Trinajstić information content (AvgIpc) is 2.33. The molecule has 0 spiro atoms. The number of benzene rings is 1. The van der Waals surface area contributed by atoms with E-state index in [1.54, 1.807) is 0 Å². The van der Waals surface area contributed by atoms with E-state index >= 15 is 0 Å². The molecule has 0 aliphatic rings. The average molecular weight is 252 g/mol. The van der Waals surface area contributed by atoms with Gasteiger partial charge in [-0.05, 0) is 31.2 Å². The molecule has 0 aromatic heterocycles. The zero-order valence-electron chi connectivity index (χ0n) is 10.1. The maximum Gasteiger partial charge on any atom is 0.120 e. The van der Waals surface area contributed by atoms with Gasteiger partial charge in [-0.3, -0.25) is 0 Å². The smallest absolute Gasteiger partial charge is 0.120 e. The van der Waals surface area contributed by atoms with Gasteiger partial charge in [0.1, 0.15) is 12.4 Å². The zero-order chi connectivity index (χ0) is 12.5. The second-order valence-electron chi connectivity index (χ2n) is 3.77. The van der Waals surface area contributed by atoms with Crippen LogP contribution in [0.15, 0.2) is 24.3 Å². The third kappa shape index (κ3) is 5.63. The lowest BCUT2D eigenvalue weighted by Gasteiger charge is -2.17. The Labute approximate surface area is 108 Å². The number of rotatable bonds is 7. The summed E-state index contributed by atoms with van der Waals surface area (Å²) in [6.45, 7) is 3.59. The van der Waals surface area contributed by atoms with Crippen molar-refractivity contribution in [3.63, 3.8) is 0 Å². The fourth-order valence-electron chi connectivity index (χ4n) is 1.54. The first kappa shape index (κ1) is 13.9. The molecule has 0 saturated carbocycles. The molecule has 1 N–H and O–H groups in total. The highest BCUT2D eigenvalue weighted by molar-refractivity contribution is 6.30. The summed E-state index contributed by atoms with van der Waals surface area (Å²) in [4.78, 5) is 0. The Kier molecular flexibility index (Phi) is 6.54. The molecule has 1 atom stereocenters. The molecular formula is C14H18ClNO. The molecule has 0 bridgehead atoms. The fraction of sp³-hybridized carbons (Fsp3) is 0.429. The molecule has 0 radical (unpaired) electrons. The van der Waals surface area contributed by atoms with Crippen LogP contribution in [0.5, 0.6) is 5.75 Å². The van der Waals surface area contributed by atoms with Crippen LogP contribution in [0.3, 0.4) is 0 Å². The Morgan fingerprint density at radius 1 is 1.53 bits per heavy atom. The summed E-state index contributed by atoms with van der Waals surface area (Å²) < 4.78 is 5.68. The summed E-state index contributed by atoms with van der Waals surface area (Å²) in [5.41, 5.74) is 0. The Bertz CT molecular complexity index is 373. The van der Waals surface area contributed by atoms with E-state index in [4.69, 9.17) is 22.8 Å². The largest absolute Gasteiger partial charge is 0.492 e. The SMILES string of the molecule is C#CCCC(COc1cccc(Cl)c1)NCC. The van der Waals surface area contributed by atoms with Crippen LogP contribution < -0.4 is 10.1 Å². The minimum atomic E-state index is 0.287. The number of likely N-dealkylation sites (N-methyl/N-ethyl adjacent to an activating group) is 1. The van der Waals surface area contributed by atoms with Crippen molar-refractivity contribution in [2.24, 2.45) is 0 Å². The van der Waals surface area contributed by atoms with Crippen molar-refractivity contribution >= 4 is 11.6 Å². The van der Waals surface area contributed by atoms with Crippen LogP contribution in [-0.2, 0) is 0 Å². The number of hydrogen-bond donors (Lipinski definition) is 1. The fourth-order valence-corrected chi connectivity index (χ4v) is 1.72. The second kappa shape index (κ2) is 8.00. The van der Waals surface area contributed by atoms with Crippen molar-refractivity contribution in [1.29, 1.82) is 0 Å². The van der Waals surface area contributed by atoms with Gasteiger partial charge in [-0.1, -0.05) is 24.6 Å². The summed E-state index contributed by atoms with van der Waals surface area (Å²) in [6.07, 6.45) is 6.95. The van der Waals surface area contributed by atoms with Crippen LogP contribution in [0.2, 0.25) is 5.02 Å². The maximum absolute atomic E-state index is 5.88. The van der Waals surface area contributed by atoms with Gasteiger partial charge in [0, 0.05) is 17.5 Å². The zero-order valence-corrected chi connectivity index (χ0v) is 10.8. The van der Waals surface area contributed by atoms with Gasteiger partial charge < -0.3 is 10.1 Å². The van der Waals surface area contributed by atoms with E-state index in [0.717, 1.165) is 25.1 Å². The summed E-state index contributed by atoms with van der Waals surface area (Å²) in [5, 5.41) is 4.03. The molecule has 0 saturated heterocycles. The first-order chi connectivity index (χ1) is 8.26. The van der Waals surface area contributed by atoms with Gasteiger partial charge >= 0.3 is 0 Å². The molecule has 2 nitrogen and oxygen atoms in total. The van der Waals surface area contributed by atoms with Gasteiger partial charge in [-0.25, -0.2) is 0 Å². The van der Waals surface area contributed by atoms with Gasteiger partial charge in [0.25, 0.3) is 0 Å². The third-order valence-corrected chi connectivity index (χ3v) is 2.61. The van der Waals surface area contributed by atoms with Crippen molar-refractivity contribution in [2.45, 2.75) is 25.8 Å². The quantitative estimate of drug-likeness (QED) is 0.752. The molecule has 1 rings (SSSR count). The van der Waals surface area contributed by atoms with E-state index in [2.05, 4.69) is 18.2 Å². The highest BCUT2D eigenvalue weighted by atomic mass is 35.5. The van der Waals surface area contributed by atoms with Crippen LogP contribution in [-0.4, -0.2) is 19.2 Å². The van der Waals surface area contributed by atoms with Gasteiger partial charge in [0.05, 0.1) is 0 Å². The summed E-state index contributed by atoms with van der Waals surface area (Å²) in [5.74, 6) is 3.44. The van der Waals surface area contributed by atoms with E-state index in [9.17, 15) is 0 Å². The molecule has 0 aliphatic heterocycles. The minimum Gasteiger partial charge on any atom is -0.492 e. The molecule has 0 amide bonds. The Morgan fingerprint density at radius 3 is 3.00 bits per heavy atom.